The maximum Gasteiger partial charge on any atom is 0.339 e. The third-order valence-electron chi connectivity index (χ3n) is 3.99. The molecule has 0 aromatic heterocycles. The molecule has 0 heterocycles. The Balaban J connectivity index is 2.19. The monoisotopic (exact) mass is 434 g/mol. The number of nitro benzene ring substituents is 1. The van der Waals surface area contributed by atoms with Crippen molar-refractivity contribution in [3.8, 4) is 0 Å². The highest BCUT2D eigenvalue weighted by Gasteiger charge is 2.23. The van der Waals surface area contributed by atoms with Crippen molar-refractivity contribution in [2.45, 2.75) is 26.9 Å². The summed E-state index contributed by atoms with van der Waals surface area (Å²) in [5, 5.41) is 14.1. The fourth-order valence-corrected chi connectivity index (χ4v) is 2.58. The number of amides is 1. The Kier molecular flexibility index (Phi) is 7.48. The van der Waals surface area contributed by atoms with Crippen molar-refractivity contribution in [3.63, 3.8) is 0 Å². The first-order valence-corrected chi connectivity index (χ1v) is 9.24. The standard InChI is InChI=1S/C20H19ClN2O7/c1-4-29-19(25)13-7-14(9-16(8-13)23(27)28)20(26)30-12(3)18(24)22-17-10-15(21)6-5-11(17)2/h5-10,12H,4H2,1-3H3,(H,22,24). The Morgan fingerprint density at radius 3 is 2.37 bits per heavy atom. The van der Waals surface area contributed by atoms with E-state index in [4.69, 9.17) is 21.1 Å². The zero-order valence-electron chi connectivity index (χ0n) is 16.4. The maximum atomic E-state index is 12.4. The number of hydrogen-bond acceptors (Lipinski definition) is 7. The molecule has 10 heteroatoms. The number of aryl methyl sites for hydroxylation is 1. The summed E-state index contributed by atoms with van der Waals surface area (Å²) in [6.45, 7) is 4.74. The third kappa shape index (κ3) is 5.77. The first-order valence-electron chi connectivity index (χ1n) is 8.87. The lowest BCUT2D eigenvalue weighted by Crippen LogP contribution is -2.30. The van der Waals surface area contributed by atoms with E-state index in [1.54, 1.807) is 32.0 Å². The molecule has 1 amide bonds. The van der Waals surface area contributed by atoms with Gasteiger partial charge in [0.05, 0.1) is 22.7 Å². The molecule has 1 N–H and O–H groups in total. The van der Waals surface area contributed by atoms with E-state index in [1.165, 1.54) is 6.92 Å². The number of nitro groups is 1. The molecule has 2 aromatic carbocycles. The van der Waals surface area contributed by atoms with Crippen LogP contribution in [0.2, 0.25) is 5.02 Å². The minimum absolute atomic E-state index is 0.0570. The number of benzene rings is 2. The van der Waals surface area contributed by atoms with Crippen molar-refractivity contribution in [3.05, 3.63) is 68.2 Å². The van der Waals surface area contributed by atoms with Crippen molar-refractivity contribution >= 4 is 40.8 Å². The maximum absolute atomic E-state index is 12.4. The minimum atomic E-state index is -1.22. The molecule has 1 unspecified atom stereocenters. The zero-order valence-corrected chi connectivity index (χ0v) is 17.2. The summed E-state index contributed by atoms with van der Waals surface area (Å²) in [4.78, 5) is 47.1. The van der Waals surface area contributed by atoms with Crippen LogP contribution in [0.1, 0.15) is 40.1 Å². The molecule has 2 rings (SSSR count). The van der Waals surface area contributed by atoms with E-state index in [2.05, 4.69) is 5.32 Å². The van der Waals surface area contributed by atoms with Gasteiger partial charge in [-0.3, -0.25) is 14.9 Å². The van der Waals surface area contributed by atoms with Gasteiger partial charge in [-0.05, 0) is 44.5 Å². The molecule has 2 aromatic rings. The Bertz CT molecular complexity index is 1010. The van der Waals surface area contributed by atoms with Gasteiger partial charge in [-0.2, -0.15) is 0 Å². The van der Waals surface area contributed by atoms with E-state index in [9.17, 15) is 24.5 Å². The number of carbonyl (C=O) groups is 3. The molecule has 0 aliphatic rings. The highest BCUT2D eigenvalue weighted by atomic mass is 35.5. The van der Waals surface area contributed by atoms with Crippen LogP contribution in [0.5, 0.6) is 0 Å². The van der Waals surface area contributed by atoms with E-state index in [1.807, 2.05) is 0 Å². The summed E-state index contributed by atoms with van der Waals surface area (Å²) in [6.07, 6.45) is -1.22. The Morgan fingerprint density at radius 2 is 1.77 bits per heavy atom. The Hall–Kier alpha value is -3.46. The summed E-state index contributed by atoms with van der Waals surface area (Å²) in [5.41, 5.74) is 0.286. The predicted molar refractivity (Wildman–Crippen MR) is 109 cm³/mol. The van der Waals surface area contributed by atoms with E-state index in [0.717, 1.165) is 23.8 Å². The number of nitrogens with one attached hydrogen (secondary N) is 1. The second kappa shape index (κ2) is 9.84. The van der Waals surface area contributed by atoms with Crippen LogP contribution in [-0.4, -0.2) is 35.5 Å². The van der Waals surface area contributed by atoms with Crippen molar-refractivity contribution < 1.29 is 28.8 Å². The van der Waals surface area contributed by atoms with E-state index >= 15 is 0 Å². The van der Waals surface area contributed by atoms with Crippen LogP contribution in [0.25, 0.3) is 0 Å². The lowest BCUT2D eigenvalue weighted by molar-refractivity contribution is -0.384. The molecule has 0 fully saturated rings. The summed E-state index contributed by atoms with van der Waals surface area (Å²) >= 11 is 5.92. The van der Waals surface area contributed by atoms with Crippen LogP contribution in [0, 0.1) is 17.0 Å². The van der Waals surface area contributed by atoms with Crippen LogP contribution < -0.4 is 5.32 Å². The number of non-ortho nitro benzene ring substituents is 1. The van der Waals surface area contributed by atoms with Gasteiger partial charge in [0.2, 0.25) is 0 Å². The molecule has 0 saturated carbocycles. The van der Waals surface area contributed by atoms with Crippen LogP contribution in [-0.2, 0) is 14.3 Å². The van der Waals surface area contributed by atoms with Crippen LogP contribution >= 0.6 is 11.6 Å². The molecule has 0 aliphatic heterocycles. The first kappa shape index (κ1) is 22.8. The normalized spacial score (nSPS) is 11.3. The number of esters is 2. The minimum Gasteiger partial charge on any atom is -0.462 e. The highest BCUT2D eigenvalue weighted by molar-refractivity contribution is 6.31. The van der Waals surface area contributed by atoms with E-state index < -0.39 is 34.6 Å². The number of rotatable bonds is 7. The van der Waals surface area contributed by atoms with Crippen molar-refractivity contribution in [2.24, 2.45) is 0 Å². The fourth-order valence-electron chi connectivity index (χ4n) is 2.41. The van der Waals surface area contributed by atoms with Crippen molar-refractivity contribution in [2.75, 3.05) is 11.9 Å². The smallest absolute Gasteiger partial charge is 0.339 e. The fraction of sp³-hybridized carbons (Fsp3) is 0.250. The molecule has 0 spiro atoms. The molecule has 158 valence electrons. The number of nitrogens with zero attached hydrogens (tertiary/aromatic N) is 1. The SMILES string of the molecule is CCOC(=O)c1cc(C(=O)OC(C)C(=O)Nc2cc(Cl)ccc2C)cc([N+](=O)[O-])c1. The lowest BCUT2D eigenvalue weighted by Gasteiger charge is -2.15. The molecule has 0 saturated heterocycles. The molecule has 0 radical (unpaired) electrons. The van der Waals surface area contributed by atoms with Gasteiger partial charge in [-0.25, -0.2) is 9.59 Å². The van der Waals surface area contributed by atoms with Gasteiger partial charge in [-0.1, -0.05) is 17.7 Å². The average molecular weight is 435 g/mol. The second-order valence-electron chi connectivity index (χ2n) is 6.24. The quantitative estimate of drug-likeness (QED) is 0.397. The van der Waals surface area contributed by atoms with E-state index in [0.29, 0.717) is 10.7 Å². The van der Waals surface area contributed by atoms with Gasteiger partial charge in [0.25, 0.3) is 11.6 Å². The predicted octanol–water partition coefficient (Wildman–Crippen LogP) is 3.92. The second-order valence-corrected chi connectivity index (χ2v) is 6.68. The van der Waals surface area contributed by atoms with Gasteiger partial charge in [0.1, 0.15) is 0 Å². The number of hydrogen-bond donors (Lipinski definition) is 1. The van der Waals surface area contributed by atoms with Crippen molar-refractivity contribution in [1.29, 1.82) is 0 Å². The van der Waals surface area contributed by atoms with Crippen LogP contribution in [0.15, 0.2) is 36.4 Å². The zero-order chi connectivity index (χ0) is 22.4. The van der Waals surface area contributed by atoms with Gasteiger partial charge in [0, 0.05) is 22.8 Å². The van der Waals surface area contributed by atoms with E-state index in [-0.39, 0.29) is 17.7 Å². The molecule has 9 nitrogen and oxygen atoms in total. The number of carbonyl (C=O) groups excluding carboxylic acids is 3. The lowest BCUT2D eigenvalue weighted by atomic mass is 10.1. The molecule has 30 heavy (non-hydrogen) atoms. The summed E-state index contributed by atoms with van der Waals surface area (Å²) in [7, 11) is 0. The number of anilines is 1. The summed E-state index contributed by atoms with van der Waals surface area (Å²) in [5.74, 6) is -2.45. The Morgan fingerprint density at radius 1 is 1.13 bits per heavy atom. The molecule has 0 aliphatic carbocycles. The Labute approximate surface area is 177 Å². The van der Waals surface area contributed by atoms with Gasteiger partial charge < -0.3 is 14.8 Å². The van der Waals surface area contributed by atoms with Gasteiger partial charge in [-0.15, -0.1) is 0 Å². The molecular formula is C20H19ClN2O7. The summed E-state index contributed by atoms with van der Waals surface area (Å²) < 4.78 is 9.93. The molecule has 1 atom stereocenters. The molecule has 0 bridgehead atoms. The van der Waals surface area contributed by atoms with Crippen LogP contribution in [0.4, 0.5) is 11.4 Å². The largest absolute Gasteiger partial charge is 0.462 e. The van der Waals surface area contributed by atoms with Gasteiger partial charge >= 0.3 is 11.9 Å². The van der Waals surface area contributed by atoms with Gasteiger partial charge in [0.15, 0.2) is 6.10 Å². The summed E-state index contributed by atoms with van der Waals surface area (Å²) in [6, 6.07) is 7.99. The number of halogens is 1. The first-order chi connectivity index (χ1) is 14.1. The average Bonchev–Trinajstić information content (AvgIpc) is 2.70. The third-order valence-corrected chi connectivity index (χ3v) is 4.22. The van der Waals surface area contributed by atoms with Crippen molar-refractivity contribution in [1.82, 2.24) is 0 Å². The van der Waals surface area contributed by atoms with Crippen LogP contribution in [0.3, 0.4) is 0 Å². The highest BCUT2D eigenvalue weighted by Crippen LogP contribution is 2.22. The molecular weight excluding hydrogens is 416 g/mol. The topological polar surface area (TPSA) is 125 Å². The number of ether oxygens (including phenoxy) is 2.